The van der Waals surface area contributed by atoms with Gasteiger partial charge >= 0.3 is 5.97 Å². The van der Waals surface area contributed by atoms with Crippen LogP contribution >= 0.6 is 22.9 Å². The smallest absolute Gasteiger partial charge is 0.320 e. The van der Waals surface area contributed by atoms with Crippen molar-refractivity contribution in [2.45, 2.75) is 38.3 Å². The van der Waals surface area contributed by atoms with Gasteiger partial charge < -0.3 is 9.84 Å². The average Bonchev–Trinajstić information content (AvgIpc) is 3.03. The van der Waals surface area contributed by atoms with Crippen LogP contribution in [0.3, 0.4) is 0 Å². The fourth-order valence-corrected chi connectivity index (χ4v) is 4.69. The number of nitrogens with zero attached hydrogens (tertiary/aromatic N) is 1. The molecule has 2 atom stereocenters. The Morgan fingerprint density at radius 2 is 2.16 bits per heavy atom. The summed E-state index contributed by atoms with van der Waals surface area (Å²) in [6.07, 6.45) is 2.61. The molecule has 1 aromatic carbocycles. The highest BCUT2D eigenvalue weighted by molar-refractivity contribution is 7.16. The van der Waals surface area contributed by atoms with Crippen molar-refractivity contribution in [3.63, 3.8) is 0 Å². The molecular formula is C19H22ClNO3S. The minimum Gasteiger partial charge on any atom is -0.494 e. The number of likely N-dealkylation sites (tertiary alicyclic amines) is 1. The van der Waals surface area contributed by atoms with Crippen LogP contribution in [-0.2, 0) is 4.79 Å². The molecule has 2 unspecified atom stereocenters. The van der Waals surface area contributed by atoms with Gasteiger partial charge in [-0.3, -0.25) is 9.69 Å². The zero-order valence-corrected chi connectivity index (χ0v) is 15.7. The molecule has 1 aliphatic heterocycles. The Labute approximate surface area is 157 Å². The summed E-state index contributed by atoms with van der Waals surface area (Å²) in [5, 5.41) is 9.73. The number of carboxylic acids is 1. The summed E-state index contributed by atoms with van der Waals surface area (Å²) in [5.41, 5.74) is 0.996. The van der Waals surface area contributed by atoms with Crippen molar-refractivity contribution in [1.82, 2.24) is 4.90 Å². The van der Waals surface area contributed by atoms with Crippen molar-refractivity contribution in [3.05, 3.63) is 51.2 Å². The van der Waals surface area contributed by atoms with Gasteiger partial charge in [-0.25, -0.2) is 0 Å². The maximum Gasteiger partial charge on any atom is 0.320 e. The predicted molar refractivity (Wildman–Crippen MR) is 101 cm³/mol. The van der Waals surface area contributed by atoms with E-state index in [1.165, 1.54) is 11.3 Å². The second kappa shape index (κ2) is 8.21. The number of aliphatic carboxylic acids is 1. The maximum absolute atomic E-state index is 11.9. The van der Waals surface area contributed by atoms with Gasteiger partial charge in [0.25, 0.3) is 0 Å². The number of para-hydroxylation sites is 1. The van der Waals surface area contributed by atoms with Gasteiger partial charge in [0.2, 0.25) is 0 Å². The van der Waals surface area contributed by atoms with Crippen molar-refractivity contribution < 1.29 is 14.6 Å². The maximum atomic E-state index is 11.9. The molecule has 0 saturated carbocycles. The van der Waals surface area contributed by atoms with Crippen LogP contribution in [0.2, 0.25) is 4.34 Å². The van der Waals surface area contributed by atoms with Gasteiger partial charge in [0.1, 0.15) is 11.8 Å². The van der Waals surface area contributed by atoms with Crippen molar-refractivity contribution in [1.29, 1.82) is 0 Å². The number of piperidine rings is 1. The molecule has 1 N–H and O–H groups in total. The fraction of sp³-hybridized carbons (Fsp3) is 0.421. The zero-order valence-electron chi connectivity index (χ0n) is 14.2. The molecule has 0 bridgehead atoms. The van der Waals surface area contributed by atoms with Crippen LogP contribution in [0.1, 0.15) is 42.7 Å². The molecule has 0 spiro atoms. The van der Waals surface area contributed by atoms with Crippen LogP contribution in [0, 0.1) is 0 Å². The summed E-state index contributed by atoms with van der Waals surface area (Å²) in [4.78, 5) is 15.0. The third-order valence-corrected chi connectivity index (χ3v) is 5.82. The van der Waals surface area contributed by atoms with Crippen molar-refractivity contribution in [2.75, 3.05) is 13.2 Å². The molecule has 2 aromatic rings. The summed E-state index contributed by atoms with van der Waals surface area (Å²) in [5.74, 6) is 0.0375. The van der Waals surface area contributed by atoms with E-state index in [1.807, 2.05) is 43.3 Å². The van der Waals surface area contributed by atoms with Gasteiger partial charge in [-0.15, -0.1) is 11.3 Å². The van der Waals surface area contributed by atoms with E-state index in [-0.39, 0.29) is 6.04 Å². The third-order valence-electron chi connectivity index (χ3n) is 4.54. The summed E-state index contributed by atoms with van der Waals surface area (Å²) >= 11 is 7.68. The summed E-state index contributed by atoms with van der Waals surface area (Å²) < 4.78 is 6.54. The molecule has 2 heterocycles. The molecule has 0 aliphatic carbocycles. The SMILES string of the molecule is CCOc1ccccc1C(c1ccc(Cl)s1)N1CCCCC1C(=O)O. The summed E-state index contributed by atoms with van der Waals surface area (Å²) in [6, 6.07) is 11.1. The minimum atomic E-state index is -0.763. The molecule has 0 radical (unpaired) electrons. The van der Waals surface area contributed by atoms with Gasteiger partial charge in [-0.2, -0.15) is 0 Å². The van der Waals surface area contributed by atoms with E-state index in [2.05, 4.69) is 4.90 Å². The Balaban J connectivity index is 2.09. The molecule has 1 aromatic heterocycles. The van der Waals surface area contributed by atoms with Crippen LogP contribution in [-0.4, -0.2) is 35.2 Å². The topological polar surface area (TPSA) is 49.8 Å². The third kappa shape index (κ3) is 4.00. The fourth-order valence-electron chi connectivity index (χ4n) is 3.49. The number of halogens is 1. The van der Waals surface area contributed by atoms with E-state index < -0.39 is 12.0 Å². The largest absolute Gasteiger partial charge is 0.494 e. The van der Waals surface area contributed by atoms with E-state index in [4.69, 9.17) is 16.3 Å². The Hall–Kier alpha value is -1.56. The highest BCUT2D eigenvalue weighted by Gasteiger charge is 2.36. The molecule has 4 nitrogen and oxygen atoms in total. The van der Waals surface area contributed by atoms with E-state index >= 15 is 0 Å². The molecule has 0 amide bonds. The standard InChI is InChI=1S/C19H22ClNO3S/c1-2-24-15-9-4-3-7-13(15)18(16-10-11-17(20)25-16)21-12-6-5-8-14(21)19(22)23/h3-4,7,9-11,14,18H,2,5-6,8,12H2,1H3,(H,22,23). The predicted octanol–water partition coefficient (Wildman–Crippen LogP) is 4.83. The van der Waals surface area contributed by atoms with Crippen LogP contribution in [0.25, 0.3) is 0 Å². The molecule has 1 aliphatic rings. The minimum absolute atomic E-state index is 0.165. The molecule has 25 heavy (non-hydrogen) atoms. The van der Waals surface area contributed by atoms with E-state index in [0.29, 0.717) is 17.4 Å². The molecule has 134 valence electrons. The summed E-state index contributed by atoms with van der Waals surface area (Å²) in [6.45, 7) is 3.27. The van der Waals surface area contributed by atoms with Gasteiger partial charge in [-0.05, 0) is 44.5 Å². The number of rotatable bonds is 6. The second-order valence-corrected chi connectivity index (χ2v) is 7.85. The molecule has 1 saturated heterocycles. The monoisotopic (exact) mass is 379 g/mol. The number of carboxylic acid groups (broad SMARTS) is 1. The lowest BCUT2D eigenvalue weighted by Gasteiger charge is -2.39. The lowest BCUT2D eigenvalue weighted by Crippen LogP contribution is -2.46. The van der Waals surface area contributed by atoms with E-state index in [9.17, 15) is 9.90 Å². The molecule has 1 fully saturated rings. The van der Waals surface area contributed by atoms with Crippen LogP contribution in [0.5, 0.6) is 5.75 Å². The normalized spacial score (nSPS) is 19.5. The first-order valence-electron chi connectivity index (χ1n) is 8.57. The Bertz CT molecular complexity index is 733. The first-order valence-corrected chi connectivity index (χ1v) is 9.76. The summed E-state index contributed by atoms with van der Waals surface area (Å²) in [7, 11) is 0. The second-order valence-electron chi connectivity index (χ2n) is 6.10. The number of benzene rings is 1. The van der Waals surface area contributed by atoms with Gasteiger partial charge in [0, 0.05) is 10.4 Å². The molecular weight excluding hydrogens is 358 g/mol. The first kappa shape index (κ1) is 18.2. The van der Waals surface area contributed by atoms with Gasteiger partial charge in [-0.1, -0.05) is 36.2 Å². The number of hydrogen-bond acceptors (Lipinski definition) is 4. The highest BCUT2D eigenvalue weighted by atomic mass is 35.5. The number of carbonyl (C=O) groups is 1. The quantitative estimate of drug-likeness (QED) is 0.781. The van der Waals surface area contributed by atoms with Crippen LogP contribution in [0.4, 0.5) is 0 Å². The number of thiophene rings is 1. The van der Waals surface area contributed by atoms with E-state index in [1.54, 1.807) is 0 Å². The lowest BCUT2D eigenvalue weighted by molar-refractivity contribution is -0.145. The average molecular weight is 380 g/mol. The lowest BCUT2D eigenvalue weighted by atomic mass is 9.95. The van der Waals surface area contributed by atoms with Crippen molar-refractivity contribution >= 4 is 28.9 Å². The zero-order chi connectivity index (χ0) is 17.8. The Morgan fingerprint density at radius 1 is 1.36 bits per heavy atom. The first-order chi connectivity index (χ1) is 12.1. The Morgan fingerprint density at radius 3 is 2.84 bits per heavy atom. The van der Waals surface area contributed by atoms with Crippen LogP contribution < -0.4 is 4.74 Å². The van der Waals surface area contributed by atoms with E-state index in [0.717, 1.165) is 35.6 Å². The molecule has 3 rings (SSSR count). The molecule has 6 heteroatoms. The van der Waals surface area contributed by atoms with Crippen LogP contribution in [0.15, 0.2) is 36.4 Å². The Kier molecular flexibility index (Phi) is 5.99. The van der Waals surface area contributed by atoms with Gasteiger partial charge in [0.15, 0.2) is 0 Å². The van der Waals surface area contributed by atoms with Crippen molar-refractivity contribution in [2.24, 2.45) is 0 Å². The van der Waals surface area contributed by atoms with Crippen molar-refractivity contribution in [3.8, 4) is 5.75 Å². The van der Waals surface area contributed by atoms with Gasteiger partial charge in [0.05, 0.1) is 17.0 Å². The highest BCUT2D eigenvalue weighted by Crippen LogP contribution is 2.41. The number of hydrogen-bond donors (Lipinski definition) is 1. The number of ether oxygens (including phenoxy) is 1.